The van der Waals surface area contributed by atoms with Gasteiger partial charge in [-0.15, -0.1) is 0 Å². The first-order valence-electron chi connectivity index (χ1n) is 11.4. The van der Waals surface area contributed by atoms with Crippen molar-refractivity contribution in [3.05, 3.63) is 81.6 Å². The maximum Gasteiger partial charge on any atom is 0.335 e. The average molecular weight is 519 g/mol. The van der Waals surface area contributed by atoms with Crippen molar-refractivity contribution in [2.24, 2.45) is 17.6 Å². The Bertz CT molecular complexity index is 1550. The van der Waals surface area contributed by atoms with Crippen LogP contribution in [-0.2, 0) is 14.4 Å². The van der Waals surface area contributed by atoms with Crippen molar-refractivity contribution in [2.75, 3.05) is 0 Å². The number of hydrogen-bond donors (Lipinski definition) is 7. The van der Waals surface area contributed by atoms with Gasteiger partial charge < -0.3 is 36.4 Å². The van der Waals surface area contributed by atoms with Gasteiger partial charge in [0.2, 0.25) is 5.78 Å². The summed E-state index contributed by atoms with van der Waals surface area (Å²) in [4.78, 5) is 49.5. The van der Waals surface area contributed by atoms with E-state index in [0.717, 1.165) is 0 Å². The molecular weight excluding hydrogens is 498 g/mol. The molecule has 11 heteroatoms. The van der Waals surface area contributed by atoms with Crippen LogP contribution in [0.25, 0.3) is 17.4 Å². The van der Waals surface area contributed by atoms with Gasteiger partial charge in [-0.3, -0.25) is 14.4 Å². The van der Waals surface area contributed by atoms with Crippen molar-refractivity contribution in [3.63, 3.8) is 0 Å². The molecule has 11 nitrogen and oxygen atoms in total. The SMILES string of the molecule is NC(=O)C1=C(O)[C@@]2(O)C(=O)C3=C(O)c4c(O)cccc4/C(=C\c4ccc(C(=O)O)cc4)[C@H]3[C@H](O)[C@H]2CC1=O. The molecule has 0 unspecified atom stereocenters. The minimum absolute atomic E-state index is 0.0123. The van der Waals surface area contributed by atoms with Crippen LogP contribution in [0.1, 0.15) is 33.5 Å². The van der Waals surface area contributed by atoms with Crippen LogP contribution in [0.3, 0.4) is 0 Å². The number of rotatable bonds is 3. The van der Waals surface area contributed by atoms with Crippen molar-refractivity contribution < 1.29 is 49.8 Å². The summed E-state index contributed by atoms with van der Waals surface area (Å²) in [6, 6.07) is 9.86. The zero-order valence-electron chi connectivity index (χ0n) is 19.5. The van der Waals surface area contributed by atoms with E-state index in [-0.39, 0.29) is 22.3 Å². The summed E-state index contributed by atoms with van der Waals surface area (Å²) in [7, 11) is 0. The van der Waals surface area contributed by atoms with E-state index < -0.39 is 81.8 Å². The molecule has 0 aliphatic heterocycles. The van der Waals surface area contributed by atoms with Crippen molar-refractivity contribution in [3.8, 4) is 5.75 Å². The fourth-order valence-corrected chi connectivity index (χ4v) is 5.59. The smallest absolute Gasteiger partial charge is 0.335 e. The first-order valence-corrected chi connectivity index (χ1v) is 11.4. The second-order valence-electron chi connectivity index (χ2n) is 9.37. The van der Waals surface area contributed by atoms with Crippen LogP contribution in [0, 0.1) is 11.8 Å². The lowest BCUT2D eigenvalue weighted by Crippen LogP contribution is -2.63. The topological polar surface area (TPSA) is 216 Å². The van der Waals surface area contributed by atoms with Crippen molar-refractivity contribution in [1.82, 2.24) is 0 Å². The maximum absolute atomic E-state index is 13.8. The number of carbonyl (C=O) groups excluding carboxylic acids is 3. The van der Waals surface area contributed by atoms with Crippen LogP contribution in [0.4, 0.5) is 0 Å². The maximum atomic E-state index is 13.8. The molecule has 2 aromatic carbocycles. The van der Waals surface area contributed by atoms with Crippen LogP contribution >= 0.6 is 0 Å². The molecule has 0 radical (unpaired) electrons. The van der Waals surface area contributed by atoms with E-state index in [2.05, 4.69) is 0 Å². The highest BCUT2D eigenvalue weighted by atomic mass is 16.4. The Morgan fingerprint density at radius 1 is 1.03 bits per heavy atom. The predicted molar refractivity (Wildman–Crippen MR) is 130 cm³/mol. The number of ketones is 2. The number of carbonyl (C=O) groups is 4. The van der Waals surface area contributed by atoms with E-state index in [9.17, 15) is 49.8 Å². The van der Waals surface area contributed by atoms with E-state index in [0.29, 0.717) is 5.56 Å². The third kappa shape index (κ3) is 3.29. The van der Waals surface area contributed by atoms with Crippen LogP contribution in [0.2, 0.25) is 0 Å². The van der Waals surface area contributed by atoms with Gasteiger partial charge in [-0.25, -0.2) is 4.79 Å². The van der Waals surface area contributed by atoms with Gasteiger partial charge >= 0.3 is 5.97 Å². The van der Waals surface area contributed by atoms with Gasteiger partial charge in [0.25, 0.3) is 5.91 Å². The summed E-state index contributed by atoms with van der Waals surface area (Å²) < 4.78 is 0. The summed E-state index contributed by atoms with van der Waals surface area (Å²) in [5.41, 5.74) is 1.43. The van der Waals surface area contributed by atoms with E-state index in [1.807, 2.05) is 0 Å². The van der Waals surface area contributed by atoms with E-state index in [1.54, 1.807) is 0 Å². The molecule has 4 atom stereocenters. The summed E-state index contributed by atoms with van der Waals surface area (Å²) in [5.74, 6) is -10.2. The van der Waals surface area contributed by atoms with Gasteiger partial charge in [0.1, 0.15) is 22.8 Å². The number of aromatic hydroxyl groups is 1. The molecule has 0 spiro atoms. The normalized spacial score (nSPS) is 27.6. The van der Waals surface area contributed by atoms with E-state index in [4.69, 9.17) is 5.73 Å². The van der Waals surface area contributed by atoms with Crippen molar-refractivity contribution >= 4 is 40.9 Å². The molecule has 0 aromatic heterocycles. The zero-order valence-corrected chi connectivity index (χ0v) is 19.5. The zero-order chi connectivity index (χ0) is 27.7. The predicted octanol–water partition coefficient (Wildman–Crippen LogP) is 1.09. The number of aromatic carboxylic acids is 1. The molecule has 0 bridgehead atoms. The number of phenols is 1. The number of aliphatic hydroxyl groups is 4. The Labute approximate surface area is 214 Å². The molecule has 0 saturated heterocycles. The van der Waals surface area contributed by atoms with Gasteiger partial charge in [-0.1, -0.05) is 30.3 Å². The Kier molecular flexibility index (Phi) is 5.51. The Hall–Kier alpha value is -4.74. The fraction of sp³-hybridized carbons (Fsp3) is 0.185. The van der Waals surface area contributed by atoms with E-state index >= 15 is 0 Å². The van der Waals surface area contributed by atoms with E-state index in [1.165, 1.54) is 48.5 Å². The van der Waals surface area contributed by atoms with Crippen LogP contribution < -0.4 is 5.73 Å². The van der Waals surface area contributed by atoms with Gasteiger partial charge in [0.15, 0.2) is 11.4 Å². The van der Waals surface area contributed by atoms with Crippen LogP contribution in [0.5, 0.6) is 5.75 Å². The summed E-state index contributed by atoms with van der Waals surface area (Å²) >= 11 is 0. The second-order valence-corrected chi connectivity index (χ2v) is 9.37. The number of benzene rings is 2. The fourth-order valence-electron chi connectivity index (χ4n) is 5.59. The monoisotopic (exact) mass is 519 g/mol. The highest BCUT2D eigenvalue weighted by Gasteiger charge is 2.64. The van der Waals surface area contributed by atoms with Crippen LogP contribution in [-0.4, -0.2) is 65.8 Å². The molecule has 1 saturated carbocycles. The summed E-state index contributed by atoms with van der Waals surface area (Å²) in [6.07, 6.45) is -0.934. The van der Waals surface area contributed by atoms with Gasteiger partial charge in [0.05, 0.1) is 22.8 Å². The molecule has 1 amide bonds. The molecule has 8 N–H and O–H groups in total. The number of carboxylic acids is 1. The van der Waals surface area contributed by atoms with Crippen LogP contribution in [0.15, 0.2) is 59.4 Å². The number of hydrogen-bond acceptors (Lipinski definition) is 9. The number of amides is 1. The minimum Gasteiger partial charge on any atom is -0.508 e. The molecule has 1 fully saturated rings. The Balaban J connectivity index is 1.78. The van der Waals surface area contributed by atoms with Crippen molar-refractivity contribution in [2.45, 2.75) is 18.1 Å². The Morgan fingerprint density at radius 2 is 1.68 bits per heavy atom. The highest BCUT2D eigenvalue weighted by Crippen LogP contribution is 2.55. The summed E-state index contributed by atoms with van der Waals surface area (Å²) in [6.45, 7) is 0. The lowest BCUT2D eigenvalue weighted by atomic mass is 9.56. The lowest BCUT2D eigenvalue weighted by molar-refractivity contribution is -0.157. The Morgan fingerprint density at radius 3 is 2.29 bits per heavy atom. The first-order chi connectivity index (χ1) is 17.9. The number of aliphatic hydroxyl groups excluding tert-OH is 3. The standard InChI is InChI=1S/C27H21NO10/c28-25(35)19-16(30)9-14-21(31)18-13(8-10-4-6-11(7-5-10)26(36)37)12-2-1-3-15(29)17(12)22(32)20(18)24(34)27(14,38)23(19)33/h1-8,14,18,21,29,31-33,38H,9H2,(H2,28,35)(H,36,37)/b13-8+/t14-,18-,21-,27-/m1/s1. The molecule has 194 valence electrons. The number of Topliss-reactive ketones (excluding diaryl/α,β-unsaturated/α-hetero) is 2. The molecule has 38 heavy (non-hydrogen) atoms. The lowest BCUT2D eigenvalue weighted by Gasteiger charge is -2.49. The summed E-state index contributed by atoms with van der Waals surface area (Å²) in [5, 5.41) is 64.5. The molecule has 3 aliphatic carbocycles. The molecular formula is C27H21NO10. The molecule has 5 rings (SSSR count). The molecule has 3 aliphatic rings. The number of carboxylic acid groups (broad SMARTS) is 1. The largest absolute Gasteiger partial charge is 0.508 e. The quantitative estimate of drug-likeness (QED) is 0.286. The second kappa shape index (κ2) is 8.40. The minimum atomic E-state index is -2.95. The third-order valence-corrected chi connectivity index (χ3v) is 7.38. The highest BCUT2D eigenvalue weighted by molar-refractivity contribution is 6.23. The van der Waals surface area contributed by atoms with Crippen molar-refractivity contribution in [1.29, 1.82) is 0 Å². The van der Waals surface area contributed by atoms with Gasteiger partial charge in [0, 0.05) is 18.3 Å². The first kappa shape index (κ1) is 24.9. The average Bonchev–Trinajstić information content (AvgIpc) is 2.86. The molecule has 0 heterocycles. The molecule has 2 aromatic rings. The van der Waals surface area contributed by atoms with Gasteiger partial charge in [-0.2, -0.15) is 0 Å². The number of phenolic OH excluding ortho intramolecular Hbond substituents is 1. The number of primary amides is 1. The van der Waals surface area contributed by atoms with Gasteiger partial charge in [-0.05, 0) is 34.9 Å². The third-order valence-electron chi connectivity index (χ3n) is 7.38. The number of nitrogens with two attached hydrogens (primary N) is 1. The number of fused-ring (bicyclic) bond motifs is 3.